The van der Waals surface area contributed by atoms with Crippen molar-refractivity contribution in [2.45, 2.75) is 19.0 Å². The van der Waals surface area contributed by atoms with Gasteiger partial charge in [0.25, 0.3) is 0 Å². The molecule has 4 heteroatoms. The molecule has 0 bridgehead atoms. The fourth-order valence-electron chi connectivity index (χ4n) is 2.51. The van der Waals surface area contributed by atoms with Crippen molar-refractivity contribution in [1.82, 2.24) is 9.80 Å². The van der Waals surface area contributed by atoms with Crippen LogP contribution >= 0.6 is 0 Å². The molecule has 0 aliphatic carbocycles. The Bertz CT molecular complexity index is 312. The van der Waals surface area contributed by atoms with Crippen molar-refractivity contribution in [3.05, 3.63) is 24.2 Å². The Labute approximate surface area is 97.0 Å². The van der Waals surface area contributed by atoms with E-state index in [0.29, 0.717) is 12.6 Å². The van der Waals surface area contributed by atoms with E-state index in [1.807, 2.05) is 12.1 Å². The topological polar surface area (TPSA) is 45.6 Å². The van der Waals surface area contributed by atoms with E-state index in [1.54, 1.807) is 6.26 Å². The van der Waals surface area contributed by atoms with E-state index in [2.05, 4.69) is 23.8 Å². The maximum atomic E-state index is 5.88. The van der Waals surface area contributed by atoms with Gasteiger partial charge in [0.15, 0.2) is 0 Å². The second kappa shape index (κ2) is 4.99. The minimum absolute atomic E-state index is 0.221. The predicted molar refractivity (Wildman–Crippen MR) is 64.2 cm³/mol. The molecule has 1 aromatic rings. The standard InChI is InChI=1S/C12H21N3O/c1-10-9-14(2)5-6-15(10)11(8-13)12-4-3-7-16-12/h3-4,7,10-11H,5-6,8-9,13H2,1-2H3. The number of rotatable bonds is 3. The molecule has 2 unspecified atom stereocenters. The van der Waals surface area contributed by atoms with Crippen LogP contribution in [0.1, 0.15) is 18.7 Å². The second-order valence-electron chi connectivity index (χ2n) is 4.62. The Kier molecular flexibility index (Phi) is 3.63. The SMILES string of the molecule is CC1CN(C)CCN1C(CN)c1ccco1. The molecule has 1 saturated heterocycles. The molecule has 2 heterocycles. The van der Waals surface area contributed by atoms with Gasteiger partial charge >= 0.3 is 0 Å². The molecule has 0 spiro atoms. The minimum Gasteiger partial charge on any atom is -0.468 e. The van der Waals surface area contributed by atoms with Gasteiger partial charge in [0.1, 0.15) is 5.76 Å². The summed E-state index contributed by atoms with van der Waals surface area (Å²) in [6.45, 7) is 6.11. The van der Waals surface area contributed by atoms with Crippen LogP contribution in [-0.2, 0) is 0 Å². The highest BCUT2D eigenvalue weighted by Crippen LogP contribution is 2.24. The van der Waals surface area contributed by atoms with E-state index in [-0.39, 0.29) is 6.04 Å². The van der Waals surface area contributed by atoms with Gasteiger partial charge < -0.3 is 15.1 Å². The van der Waals surface area contributed by atoms with Crippen molar-refractivity contribution < 1.29 is 4.42 Å². The Morgan fingerprint density at radius 3 is 2.94 bits per heavy atom. The molecule has 2 atom stereocenters. The molecule has 0 radical (unpaired) electrons. The van der Waals surface area contributed by atoms with Crippen LogP contribution in [0.3, 0.4) is 0 Å². The maximum absolute atomic E-state index is 5.88. The molecule has 0 aromatic carbocycles. The molecule has 2 rings (SSSR count). The Morgan fingerprint density at radius 1 is 1.56 bits per heavy atom. The Morgan fingerprint density at radius 2 is 2.38 bits per heavy atom. The first-order valence-electron chi connectivity index (χ1n) is 5.90. The number of likely N-dealkylation sites (N-methyl/N-ethyl adjacent to an activating group) is 1. The van der Waals surface area contributed by atoms with E-state index >= 15 is 0 Å². The molecule has 0 saturated carbocycles. The van der Waals surface area contributed by atoms with Crippen molar-refractivity contribution >= 4 is 0 Å². The van der Waals surface area contributed by atoms with Crippen LogP contribution in [0.15, 0.2) is 22.8 Å². The van der Waals surface area contributed by atoms with Crippen molar-refractivity contribution in [1.29, 1.82) is 0 Å². The fraction of sp³-hybridized carbons (Fsp3) is 0.667. The van der Waals surface area contributed by atoms with Gasteiger partial charge in [-0.25, -0.2) is 0 Å². The summed E-state index contributed by atoms with van der Waals surface area (Å²) in [6.07, 6.45) is 1.72. The third kappa shape index (κ3) is 2.29. The lowest BCUT2D eigenvalue weighted by Crippen LogP contribution is -2.52. The van der Waals surface area contributed by atoms with Crippen molar-refractivity contribution in [2.24, 2.45) is 5.73 Å². The molecule has 1 fully saturated rings. The first-order valence-corrected chi connectivity index (χ1v) is 5.90. The van der Waals surface area contributed by atoms with E-state index in [4.69, 9.17) is 10.2 Å². The highest BCUT2D eigenvalue weighted by Gasteiger charge is 2.29. The Balaban J connectivity index is 2.10. The van der Waals surface area contributed by atoms with Gasteiger partial charge in [-0.2, -0.15) is 0 Å². The van der Waals surface area contributed by atoms with Gasteiger partial charge in [-0.1, -0.05) is 0 Å². The van der Waals surface area contributed by atoms with Gasteiger partial charge in [-0.3, -0.25) is 4.90 Å². The second-order valence-corrected chi connectivity index (χ2v) is 4.62. The summed E-state index contributed by atoms with van der Waals surface area (Å²) in [5.74, 6) is 0.985. The smallest absolute Gasteiger partial charge is 0.122 e. The zero-order valence-electron chi connectivity index (χ0n) is 10.1. The van der Waals surface area contributed by atoms with Gasteiger partial charge in [0.2, 0.25) is 0 Å². The molecule has 4 nitrogen and oxygen atoms in total. The molecule has 2 N–H and O–H groups in total. The fourth-order valence-corrected chi connectivity index (χ4v) is 2.51. The monoisotopic (exact) mass is 223 g/mol. The summed E-state index contributed by atoms with van der Waals surface area (Å²) in [4.78, 5) is 4.80. The maximum Gasteiger partial charge on any atom is 0.122 e. The number of piperazine rings is 1. The Hall–Kier alpha value is -0.840. The van der Waals surface area contributed by atoms with E-state index in [0.717, 1.165) is 25.4 Å². The van der Waals surface area contributed by atoms with Crippen LogP contribution in [0.4, 0.5) is 0 Å². The lowest BCUT2D eigenvalue weighted by molar-refractivity contribution is 0.0552. The van der Waals surface area contributed by atoms with E-state index in [9.17, 15) is 0 Å². The third-order valence-electron chi connectivity index (χ3n) is 3.38. The largest absolute Gasteiger partial charge is 0.468 e. The number of hydrogen-bond donors (Lipinski definition) is 1. The van der Waals surface area contributed by atoms with Gasteiger partial charge in [0.05, 0.1) is 12.3 Å². The van der Waals surface area contributed by atoms with Gasteiger partial charge in [0, 0.05) is 32.2 Å². The molecule has 90 valence electrons. The lowest BCUT2D eigenvalue weighted by atomic mass is 10.1. The van der Waals surface area contributed by atoms with Crippen molar-refractivity contribution in [2.75, 3.05) is 33.2 Å². The van der Waals surface area contributed by atoms with Crippen LogP contribution < -0.4 is 5.73 Å². The van der Waals surface area contributed by atoms with Crippen molar-refractivity contribution in [3.8, 4) is 0 Å². The molecule has 1 aliphatic heterocycles. The molecule has 1 aliphatic rings. The zero-order chi connectivity index (χ0) is 11.5. The van der Waals surface area contributed by atoms with Crippen molar-refractivity contribution in [3.63, 3.8) is 0 Å². The highest BCUT2D eigenvalue weighted by molar-refractivity contribution is 5.06. The predicted octanol–water partition coefficient (Wildman–Crippen LogP) is 0.915. The van der Waals surface area contributed by atoms with Crippen LogP contribution in [0.2, 0.25) is 0 Å². The van der Waals surface area contributed by atoms with Crippen LogP contribution in [0.5, 0.6) is 0 Å². The van der Waals surface area contributed by atoms with Gasteiger partial charge in [-0.05, 0) is 26.1 Å². The lowest BCUT2D eigenvalue weighted by Gasteiger charge is -2.41. The highest BCUT2D eigenvalue weighted by atomic mass is 16.3. The summed E-state index contributed by atoms with van der Waals surface area (Å²) in [6, 6.07) is 4.69. The molecule has 0 amide bonds. The number of nitrogens with two attached hydrogens (primary N) is 1. The van der Waals surface area contributed by atoms with E-state index < -0.39 is 0 Å². The normalized spacial score (nSPS) is 25.8. The number of nitrogens with zero attached hydrogens (tertiary/aromatic N) is 2. The summed E-state index contributed by atoms with van der Waals surface area (Å²) in [7, 11) is 2.16. The van der Waals surface area contributed by atoms with Crippen LogP contribution in [-0.4, -0.2) is 49.1 Å². The summed E-state index contributed by atoms with van der Waals surface area (Å²) >= 11 is 0. The van der Waals surface area contributed by atoms with Crippen LogP contribution in [0, 0.1) is 0 Å². The van der Waals surface area contributed by atoms with Crippen LogP contribution in [0.25, 0.3) is 0 Å². The first-order chi connectivity index (χ1) is 7.72. The summed E-state index contributed by atoms with van der Waals surface area (Å²) in [5, 5.41) is 0. The summed E-state index contributed by atoms with van der Waals surface area (Å²) in [5.41, 5.74) is 5.88. The first kappa shape index (κ1) is 11.6. The summed E-state index contributed by atoms with van der Waals surface area (Å²) < 4.78 is 5.48. The zero-order valence-corrected chi connectivity index (χ0v) is 10.1. The molecular formula is C12H21N3O. The quantitative estimate of drug-likeness (QED) is 0.827. The molecular weight excluding hydrogens is 202 g/mol. The minimum atomic E-state index is 0.221. The molecule has 1 aromatic heterocycles. The molecule has 16 heavy (non-hydrogen) atoms. The number of hydrogen-bond acceptors (Lipinski definition) is 4. The van der Waals surface area contributed by atoms with E-state index in [1.165, 1.54) is 0 Å². The van der Waals surface area contributed by atoms with Gasteiger partial charge in [-0.15, -0.1) is 0 Å². The third-order valence-corrected chi connectivity index (χ3v) is 3.38. The number of furan rings is 1. The average Bonchev–Trinajstić information content (AvgIpc) is 2.75. The average molecular weight is 223 g/mol.